The summed E-state index contributed by atoms with van der Waals surface area (Å²) in [5.41, 5.74) is 1.18. The fourth-order valence-electron chi connectivity index (χ4n) is 1.87. The maximum atomic E-state index is 5.68. The highest BCUT2D eigenvalue weighted by atomic mass is 16.5. The van der Waals surface area contributed by atoms with Crippen molar-refractivity contribution >= 4 is 0 Å². The molecule has 0 aliphatic carbocycles. The smallest absolute Gasteiger partial charge is 0.124 e. The average molecular weight is 251 g/mol. The first-order valence-electron chi connectivity index (χ1n) is 6.86. The molecule has 1 unspecified atom stereocenters. The van der Waals surface area contributed by atoms with Crippen LogP contribution >= 0.6 is 0 Å². The van der Waals surface area contributed by atoms with Crippen LogP contribution in [0.4, 0.5) is 0 Å². The molecule has 1 rings (SSSR count). The molecule has 0 fully saturated rings. The summed E-state index contributed by atoms with van der Waals surface area (Å²) in [4.78, 5) is 0. The van der Waals surface area contributed by atoms with Crippen molar-refractivity contribution < 1.29 is 9.47 Å². The van der Waals surface area contributed by atoms with E-state index in [1.807, 2.05) is 32.0 Å². The number of hydrogen-bond donors (Lipinski definition) is 1. The molecule has 0 heterocycles. The number of rotatable bonds is 9. The lowest BCUT2D eigenvalue weighted by Gasteiger charge is -2.21. The van der Waals surface area contributed by atoms with Gasteiger partial charge in [0.15, 0.2) is 0 Å². The zero-order chi connectivity index (χ0) is 13.2. The van der Waals surface area contributed by atoms with Gasteiger partial charge in [-0.2, -0.15) is 0 Å². The van der Waals surface area contributed by atoms with Crippen LogP contribution in [-0.2, 0) is 4.74 Å². The van der Waals surface area contributed by atoms with Crippen molar-refractivity contribution in [3.63, 3.8) is 0 Å². The molecular weight excluding hydrogens is 226 g/mol. The van der Waals surface area contributed by atoms with E-state index in [-0.39, 0.29) is 6.04 Å². The maximum Gasteiger partial charge on any atom is 0.124 e. The highest BCUT2D eigenvalue weighted by molar-refractivity contribution is 5.36. The first kappa shape index (κ1) is 15.0. The number of ether oxygens (including phenoxy) is 2. The fourth-order valence-corrected chi connectivity index (χ4v) is 1.87. The monoisotopic (exact) mass is 251 g/mol. The van der Waals surface area contributed by atoms with Gasteiger partial charge in [-0.1, -0.05) is 25.1 Å². The minimum atomic E-state index is 0.202. The van der Waals surface area contributed by atoms with Gasteiger partial charge in [0.2, 0.25) is 0 Å². The summed E-state index contributed by atoms with van der Waals surface area (Å²) in [6.45, 7) is 9.28. The van der Waals surface area contributed by atoms with Gasteiger partial charge in [0.1, 0.15) is 5.75 Å². The van der Waals surface area contributed by atoms with E-state index < -0.39 is 0 Å². The Hall–Kier alpha value is -1.06. The molecule has 18 heavy (non-hydrogen) atoms. The normalized spacial score (nSPS) is 12.4. The molecule has 0 saturated carbocycles. The molecule has 0 saturated heterocycles. The van der Waals surface area contributed by atoms with E-state index in [0.29, 0.717) is 13.2 Å². The molecule has 0 aliphatic heterocycles. The minimum absolute atomic E-state index is 0.202. The molecule has 3 heteroatoms. The Labute approximate surface area is 110 Å². The van der Waals surface area contributed by atoms with Crippen molar-refractivity contribution in [2.45, 2.75) is 33.2 Å². The largest absolute Gasteiger partial charge is 0.494 e. The molecular formula is C15H25NO2. The van der Waals surface area contributed by atoms with Crippen molar-refractivity contribution in [1.82, 2.24) is 5.32 Å². The molecule has 0 radical (unpaired) electrons. The quantitative estimate of drug-likeness (QED) is 0.731. The van der Waals surface area contributed by atoms with Crippen molar-refractivity contribution in [3.8, 4) is 5.75 Å². The van der Waals surface area contributed by atoms with Gasteiger partial charge in [0.25, 0.3) is 0 Å². The van der Waals surface area contributed by atoms with Gasteiger partial charge in [-0.25, -0.2) is 0 Å². The van der Waals surface area contributed by atoms with Crippen LogP contribution in [0.3, 0.4) is 0 Å². The lowest BCUT2D eigenvalue weighted by molar-refractivity contribution is 0.122. The van der Waals surface area contributed by atoms with Gasteiger partial charge in [0, 0.05) is 12.2 Å². The van der Waals surface area contributed by atoms with Crippen LogP contribution in [0.2, 0.25) is 0 Å². The Bertz CT molecular complexity index is 320. The molecule has 0 amide bonds. The molecule has 1 aromatic carbocycles. The third-order valence-corrected chi connectivity index (χ3v) is 2.72. The number of benzene rings is 1. The molecule has 1 atom stereocenters. The molecule has 0 aliphatic rings. The molecule has 0 aromatic heterocycles. The third-order valence-electron chi connectivity index (χ3n) is 2.72. The number of hydrogen-bond acceptors (Lipinski definition) is 3. The summed E-state index contributed by atoms with van der Waals surface area (Å²) in [5.74, 6) is 0.952. The molecule has 3 nitrogen and oxygen atoms in total. The van der Waals surface area contributed by atoms with Crippen molar-refractivity contribution in [2.24, 2.45) is 0 Å². The highest BCUT2D eigenvalue weighted by Gasteiger charge is 2.15. The zero-order valence-corrected chi connectivity index (χ0v) is 11.7. The van der Waals surface area contributed by atoms with Gasteiger partial charge in [0.05, 0.1) is 19.3 Å². The summed E-state index contributed by atoms with van der Waals surface area (Å²) < 4.78 is 11.2. The summed E-state index contributed by atoms with van der Waals surface area (Å²) in [6, 6.07) is 8.38. The van der Waals surface area contributed by atoms with Crippen LogP contribution in [0.15, 0.2) is 24.3 Å². The van der Waals surface area contributed by atoms with E-state index >= 15 is 0 Å². The topological polar surface area (TPSA) is 30.5 Å². The first-order valence-corrected chi connectivity index (χ1v) is 6.86. The van der Waals surface area contributed by atoms with Crippen LogP contribution in [0.1, 0.15) is 38.8 Å². The Morgan fingerprint density at radius 2 is 1.89 bits per heavy atom. The van der Waals surface area contributed by atoms with E-state index in [0.717, 1.165) is 25.3 Å². The van der Waals surface area contributed by atoms with Crippen LogP contribution < -0.4 is 10.1 Å². The van der Waals surface area contributed by atoms with Gasteiger partial charge in [-0.05, 0) is 32.9 Å². The van der Waals surface area contributed by atoms with Crippen molar-refractivity contribution in [3.05, 3.63) is 29.8 Å². The van der Waals surface area contributed by atoms with E-state index in [1.165, 1.54) is 5.56 Å². The fraction of sp³-hybridized carbons (Fsp3) is 0.600. The van der Waals surface area contributed by atoms with Crippen LogP contribution in [-0.4, -0.2) is 26.4 Å². The first-order chi connectivity index (χ1) is 8.83. The Morgan fingerprint density at radius 3 is 2.56 bits per heavy atom. The minimum Gasteiger partial charge on any atom is -0.494 e. The standard InChI is InChI=1S/C15H25NO2/c1-4-11-16-14(12-17-5-2)13-9-7-8-10-15(13)18-6-3/h7-10,14,16H,4-6,11-12H2,1-3H3. The Balaban J connectivity index is 2.81. The average Bonchev–Trinajstić information content (AvgIpc) is 2.40. The van der Waals surface area contributed by atoms with E-state index in [1.54, 1.807) is 0 Å². The van der Waals surface area contributed by atoms with E-state index in [2.05, 4.69) is 18.3 Å². The van der Waals surface area contributed by atoms with Gasteiger partial charge >= 0.3 is 0 Å². The van der Waals surface area contributed by atoms with Crippen molar-refractivity contribution in [1.29, 1.82) is 0 Å². The summed E-state index contributed by atoms with van der Waals surface area (Å²) >= 11 is 0. The zero-order valence-electron chi connectivity index (χ0n) is 11.7. The third kappa shape index (κ3) is 4.67. The second kappa shape index (κ2) is 8.95. The maximum absolute atomic E-state index is 5.68. The Kier molecular flexibility index (Phi) is 7.46. The second-order valence-corrected chi connectivity index (χ2v) is 4.14. The predicted molar refractivity (Wildman–Crippen MR) is 75.1 cm³/mol. The molecule has 1 aromatic rings. The molecule has 0 bridgehead atoms. The highest BCUT2D eigenvalue weighted by Crippen LogP contribution is 2.25. The SMILES string of the molecule is CCCNC(COCC)c1ccccc1OCC. The van der Waals surface area contributed by atoms with Gasteiger partial charge in [-0.15, -0.1) is 0 Å². The van der Waals surface area contributed by atoms with Crippen LogP contribution in [0, 0.1) is 0 Å². The summed E-state index contributed by atoms with van der Waals surface area (Å²) in [5, 5.41) is 3.51. The number of nitrogens with one attached hydrogen (secondary N) is 1. The predicted octanol–water partition coefficient (Wildman–Crippen LogP) is 3.16. The molecule has 102 valence electrons. The second-order valence-electron chi connectivity index (χ2n) is 4.14. The lowest BCUT2D eigenvalue weighted by atomic mass is 10.1. The van der Waals surface area contributed by atoms with Crippen molar-refractivity contribution in [2.75, 3.05) is 26.4 Å². The van der Waals surface area contributed by atoms with E-state index in [4.69, 9.17) is 9.47 Å². The van der Waals surface area contributed by atoms with Crippen LogP contribution in [0.5, 0.6) is 5.75 Å². The Morgan fingerprint density at radius 1 is 1.11 bits per heavy atom. The number of para-hydroxylation sites is 1. The van der Waals surface area contributed by atoms with E-state index in [9.17, 15) is 0 Å². The van der Waals surface area contributed by atoms with Gasteiger partial charge in [-0.3, -0.25) is 0 Å². The van der Waals surface area contributed by atoms with Crippen LogP contribution in [0.25, 0.3) is 0 Å². The van der Waals surface area contributed by atoms with Gasteiger partial charge < -0.3 is 14.8 Å². The summed E-state index contributed by atoms with van der Waals surface area (Å²) in [7, 11) is 0. The molecule has 1 N–H and O–H groups in total. The lowest BCUT2D eigenvalue weighted by Crippen LogP contribution is -2.27. The molecule has 0 spiro atoms. The summed E-state index contributed by atoms with van der Waals surface area (Å²) in [6.07, 6.45) is 1.11.